The maximum absolute atomic E-state index is 13.3. The van der Waals surface area contributed by atoms with Crippen LogP contribution in [-0.2, 0) is 11.8 Å². The molecule has 0 amide bonds. The number of imidazole rings is 1. The molecular formula is C28H35N7O3. The largest absolute Gasteiger partial charge is 0.396 e. The maximum Gasteiger partial charge on any atom is 0.283 e. The third-order valence-corrected chi connectivity index (χ3v) is 6.17. The molecule has 0 radical (unpaired) electrons. The summed E-state index contributed by atoms with van der Waals surface area (Å²) in [6.45, 7) is 7.02. The van der Waals surface area contributed by atoms with Gasteiger partial charge >= 0.3 is 0 Å². The topological polar surface area (TPSA) is 113 Å². The molecule has 1 fully saturated rings. The molecule has 1 N–H and O–H groups in total. The molecule has 10 nitrogen and oxygen atoms in total. The van der Waals surface area contributed by atoms with E-state index in [1.54, 1.807) is 27.8 Å². The molecule has 1 unspecified atom stereocenters. The number of aliphatic hydroxyl groups excluding tert-OH is 1. The molecule has 10 heteroatoms. The number of fused-ring (bicyclic) bond motifs is 2. The number of benzene rings is 1. The van der Waals surface area contributed by atoms with Crippen LogP contribution >= 0.6 is 0 Å². The summed E-state index contributed by atoms with van der Waals surface area (Å²) in [5.41, 5.74) is 4.82. The van der Waals surface area contributed by atoms with Crippen molar-refractivity contribution in [2.75, 3.05) is 13.2 Å². The molecule has 5 aromatic rings. The fourth-order valence-corrected chi connectivity index (χ4v) is 4.36. The fraction of sp³-hybridized carbons (Fsp3) is 0.393. The van der Waals surface area contributed by atoms with Gasteiger partial charge in [0, 0.05) is 56.2 Å². The van der Waals surface area contributed by atoms with Crippen molar-refractivity contribution in [3.8, 4) is 16.8 Å². The van der Waals surface area contributed by atoms with Crippen LogP contribution < -0.4 is 5.56 Å². The summed E-state index contributed by atoms with van der Waals surface area (Å²) in [4.78, 5) is 26.6. The molecule has 38 heavy (non-hydrogen) atoms. The standard InChI is InChI=1S/C23H21N7O2.C3H8O.C2H6/c1-28-12-15(11-27-28)17-13-29(23(31)22-21(17)24-7-8-25-22)16-5-6-19-18(10-16)26-14-30(19)20-4-2-3-9-32-20;1-2-3-4;1-2/h5-8,10-14,20H,2-4,9H2,1H3;4H,2-3H2,1H3;1-2H3. The van der Waals surface area contributed by atoms with E-state index in [-0.39, 0.29) is 11.8 Å². The zero-order chi connectivity index (χ0) is 27.1. The first-order valence-electron chi connectivity index (χ1n) is 13.2. The van der Waals surface area contributed by atoms with Crippen LogP contribution in [0.5, 0.6) is 0 Å². The number of aromatic nitrogens is 7. The average Bonchev–Trinajstić information content (AvgIpc) is 3.61. The third kappa shape index (κ3) is 5.51. The van der Waals surface area contributed by atoms with E-state index in [1.165, 1.54) is 6.20 Å². The van der Waals surface area contributed by atoms with Crippen molar-refractivity contribution >= 4 is 22.1 Å². The smallest absolute Gasteiger partial charge is 0.283 e. The Morgan fingerprint density at radius 1 is 1.08 bits per heavy atom. The Kier molecular flexibility index (Phi) is 8.98. The molecule has 0 bridgehead atoms. The lowest BCUT2D eigenvalue weighted by atomic mass is 10.1. The van der Waals surface area contributed by atoms with E-state index in [9.17, 15) is 4.79 Å². The number of pyridine rings is 1. The molecule has 5 heterocycles. The van der Waals surface area contributed by atoms with E-state index in [4.69, 9.17) is 9.84 Å². The van der Waals surface area contributed by atoms with Crippen LogP contribution in [0.15, 0.2) is 60.3 Å². The Morgan fingerprint density at radius 3 is 2.50 bits per heavy atom. The normalized spacial score (nSPS) is 15.0. The second-order valence-electron chi connectivity index (χ2n) is 8.74. The zero-order valence-electron chi connectivity index (χ0n) is 22.4. The number of ether oxygens (including phenoxy) is 1. The van der Waals surface area contributed by atoms with Gasteiger partial charge < -0.3 is 14.4 Å². The van der Waals surface area contributed by atoms with Crippen molar-refractivity contribution in [1.82, 2.24) is 33.9 Å². The van der Waals surface area contributed by atoms with Crippen molar-refractivity contribution in [3.05, 3.63) is 65.9 Å². The van der Waals surface area contributed by atoms with Crippen LogP contribution in [0.3, 0.4) is 0 Å². The SMILES string of the molecule is CC.CCCO.Cn1cc(-c2cn(-c3ccc4c(c3)ncn4C3CCCCO3)c(=O)c3nccnc23)cn1. The maximum atomic E-state index is 13.3. The van der Waals surface area contributed by atoms with Gasteiger partial charge in [0.1, 0.15) is 11.7 Å². The summed E-state index contributed by atoms with van der Waals surface area (Å²) in [5.74, 6) is 0. The summed E-state index contributed by atoms with van der Waals surface area (Å²) in [6.07, 6.45) is 14.5. The van der Waals surface area contributed by atoms with Crippen molar-refractivity contribution in [3.63, 3.8) is 0 Å². The van der Waals surface area contributed by atoms with Crippen molar-refractivity contribution in [1.29, 1.82) is 0 Å². The Hall–Kier alpha value is -3.89. The molecule has 0 aliphatic carbocycles. The van der Waals surface area contributed by atoms with E-state index in [0.717, 1.165) is 60.1 Å². The van der Waals surface area contributed by atoms with Crippen molar-refractivity contribution in [2.24, 2.45) is 7.05 Å². The van der Waals surface area contributed by atoms with Crippen LogP contribution in [0.1, 0.15) is 52.7 Å². The van der Waals surface area contributed by atoms with Gasteiger partial charge in [-0.1, -0.05) is 20.8 Å². The molecule has 1 aliphatic heterocycles. The highest BCUT2D eigenvalue weighted by Gasteiger charge is 2.19. The number of aryl methyl sites for hydroxylation is 1. The van der Waals surface area contributed by atoms with Crippen LogP contribution in [0.25, 0.3) is 38.9 Å². The molecule has 200 valence electrons. The highest BCUT2D eigenvalue weighted by molar-refractivity contribution is 5.90. The Bertz CT molecular complexity index is 1550. The Balaban J connectivity index is 0.000000515. The highest BCUT2D eigenvalue weighted by Crippen LogP contribution is 2.29. The summed E-state index contributed by atoms with van der Waals surface area (Å²) < 4.78 is 11.3. The third-order valence-electron chi connectivity index (χ3n) is 6.17. The predicted molar refractivity (Wildman–Crippen MR) is 148 cm³/mol. The van der Waals surface area contributed by atoms with E-state index >= 15 is 0 Å². The molecule has 1 aliphatic rings. The van der Waals surface area contributed by atoms with Gasteiger partial charge in [-0.15, -0.1) is 0 Å². The van der Waals surface area contributed by atoms with Gasteiger partial charge in [0.25, 0.3) is 5.56 Å². The van der Waals surface area contributed by atoms with Crippen LogP contribution in [0.4, 0.5) is 0 Å². The number of rotatable bonds is 4. The lowest BCUT2D eigenvalue weighted by Crippen LogP contribution is -2.20. The highest BCUT2D eigenvalue weighted by atomic mass is 16.5. The molecule has 1 aromatic carbocycles. The van der Waals surface area contributed by atoms with Gasteiger partial charge in [-0.3, -0.25) is 19.0 Å². The molecule has 1 atom stereocenters. The summed E-state index contributed by atoms with van der Waals surface area (Å²) >= 11 is 0. The Morgan fingerprint density at radius 2 is 1.84 bits per heavy atom. The number of hydrogen-bond acceptors (Lipinski definition) is 7. The summed E-state index contributed by atoms with van der Waals surface area (Å²) in [7, 11) is 1.85. The van der Waals surface area contributed by atoms with Gasteiger partial charge in [-0.2, -0.15) is 5.10 Å². The monoisotopic (exact) mass is 517 g/mol. The minimum atomic E-state index is -0.227. The van der Waals surface area contributed by atoms with Crippen LogP contribution in [0, 0.1) is 0 Å². The minimum absolute atomic E-state index is 0.00968. The lowest BCUT2D eigenvalue weighted by molar-refractivity contribution is -0.0295. The fourth-order valence-electron chi connectivity index (χ4n) is 4.36. The lowest BCUT2D eigenvalue weighted by Gasteiger charge is -2.24. The molecule has 0 saturated carbocycles. The molecule has 4 aromatic heterocycles. The van der Waals surface area contributed by atoms with Gasteiger partial charge in [-0.05, 0) is 43.9 Å². The van der Waals surface area contributed by atoms with Gasteiger partial charge in [-0.25, -0.2) is 9.97 Å². The van der Waals surface area contributed by atoms with Crippen molar-refractivity contribution < 1.29 is 9.84 Å². The molecule has 6 rings (SSSR count). The van der Waals surface area contributed by atoms with Gasteiger partial charge in [0.05, 0.1) is 29.2 Å². The summed E-state index contributed by atoms with van der Waals surface area (Å²) in [6, 6.07) is 5.85. The average molecular weight is 518 g/mol. The molecule has 0 spiro atoms. The van der Waals surface area contributed by atoms with Gasteiger partial charge in [0.15, 0.2) is 5.52 Å². The quantitative estimate of drug-likeness (QED) is 0.369. The zero-order valence-corrected chi connectivity index (χ0v) is 22.4. The van der Waals surface area contributed by atoms with E-state index in [1.807, 2.05) is 58.5 Å². The Labute approximate surface area is 221 Å². The molecular weight excluding hydrogens is 482 g/mol. The summed E-state index contributed by atoms with van der Waals surface area (Å²) in [5, 5.41) is 12.1. The van der Waals surface area contributed by atoms with Crippen molar-refractivity contribution in [2.45, 2.75) is 52.7 Å². The molecule has 1 saturated heterocycles. The van der Waals surface area contributed by atoms with Crippen LogP contribution in [-0.4, -0.2) is 52.2 Å². The second kappa shape index (κ2) is 12.6. The minimum Gasteiger partial charge on any atom is -0.396 e. The van der Waals surface area contributed by atoms with E-state index < -0.39 is 0 Å². The first-order valence-corrected chi connectivity index (χ1v) is 13.2. The number of nitrogens with zero attached hydrogens (tertiary/aromatic N) is 7. The second-order valence-corrected chi connectivity index (χ2v) is 8.74. The first kappa shape index (κ1) is 27.2. The van der Waals surface area contributed by atoms with Crippen LogP contribution in [0.2, 0.25) is 0 Å². The van der Waals surface area contributed by atoms with E-state index in [0.29, 0.717) is 17.6 Å². The first-order chi connectivity index (χ1) is 18.6. The predicted octanol–water partition coefficient (Wildman–Crippen LogP) is 4.64. The van der Waals surface area contributed by atoms with Gasteiger partial charge in [0.2, 0.25) is 0 Å². The van der Waals surface area contributed by atoms with E-state index in [2.05, 4.69) is 24.6 Å². The number of aliphatic hydroxyl groups is 1. The number of hydrogen-bond donors (Lipinski definition) is 1.